The molecule has 1 rings (SSSR count). The monoisotopic (exact) mass is 202 g/mol. The molecule has 14 heavy (non-hydrogen) atoms. The Balaban J connectivity index is 3.32. The molecule has 0 aliphatic heterocycles. The van der Waals surface area contributed by atoms with E-state index in [2.05, 4.69) is 9.72 Å². The highest BCUT2D eigenvalue weighted by atomic mass is 19.3. The highest BCUT2D eigenvalue weighted by molar-refractivity contribution is 5.79. The number of anilines is 1. The second-order valence-electron chi connectivity index (χ2n) is 2.48. The predicted octanol–water partition coefficient (Wildman–Crippen LogP) is 1.42. The molecule has 4 nitrogen and oxygen atoms in total. The van der Waals surface area contributed by atoms with Crippen LogP contribution >= 0.6 is 0 Å². The number of nitrogens with zero attached hydrogens (tertiary/aromatic N) is 1. The molecule has 0 aliphatic carbocycles. The molecule has 2 N–H and O–H groups in total. The van der Waals surface area contributed by atoms with Crippen molar-refractivity contribution in [2.75, 3.05) is 12.8 Å². The van der Waals surface area contributed by atoms with Crippen LogP contribution in [0.1, 0.15) is 22.5 Å². The summed E-state index contributed by atoms with van der Waals surface area (Å²) in [5.74, 6) is -0.106. The maximum Gasteiger partial charge on any atom is 0.281 e. The van der Waals surface area contributed by atoms with E-state index in [1.165, 1.54) is 7.11 Å². The van der Waals surface area contributed by atoms with Crippen LogP contribution in [-0.2, 0) is 0 Å². The number of nitrogen functional groups attached to an aromatic ring is 1. The summed E-state index contributed by atoms with van der Waals surface area (Å²) in [4.78, 5) is 13.8. The first kappa shape index (κ1) is 10.4. The Bertz CT molecular complexity index is 355. The standard InChI is InChI=1S/C8H8F2N2O2/c1-14-8-5(11)2-4(3-13)6(12-8)7(9)10/h2-3,7H,11H2,1H3. The highest BCUT2D eigenvalue weighted by Gasteiger charge is 2.17. The third-order valence-electron chi connectivity index (χ3n) is 1.60. The van der Waals surface area contributed by atoms with Crippen molar-refractivity contribution in [3.05, 3.63) is 17.3 Å². The number of hydrogen-bond donors (Lipinski definition) is 1. The summed E-state index contributed by atoms with van der Waals surface area (Å²) in [5.41, 5.74) is 4.60. The summed E-state index contributed by atoms with van der Waals surface area (Å²) in [6, 6.07) is 1.11. The topological polar surface area (TPSA) is 65.2 Å². The van der Waals surface area contributed by atoms with Gasteiger partial charge in [-0.25, -0.2) is 13.8 Å². The smallest absolute Gasteiger partial charge is 0.281 e. The first-order chi connectivity index (χ1) is 6.60. The predicted molar refractivity (Wildman–Crippen MR) is 45.5 cm³/mol. The number of alkyl halides is 2. The van der Waals surface area contributed by atoms with Gasteiger partial charge in [-0.05, 0) is 6.07 Å². The van der Waals surface area contributed by atoms with Gasteiger partial charge < -0.3 is 10.5 Å². The fraction of sp³-hybridized carbons (Fsp3) is 0.250. The van der Waals surface area contributed by atoms with Gasteiger partial charge in [0.15, 0.2) is 6.29 Å². The maximum absolute atomic E-state index is 12.3. The van der Waals surface area contributed by atoms with Crippen molar-refractivity contribution in [3.8, 4) is 5.88 Å². The zero-order chi connectivity index (χ0) is 10.7. The summed E-state index contributed by atoms with van der Waals surface area (Å²) in [6.07, 6.45) is -2.55. The minimum absolute atomic E-state index is 0.0546. The molecule has 76 valence electrons. The van der Waals surface area contributed by atoms with Gasteiger partial charge in [0.25, 0.3) is 6.43 Å². The second-order valence-corrected chi connectivity index (χ2v) is 2.48. The second kappa shape index (κ2) is 3.99. The van der Waals surface area contributed by atoms with Crippen LogP contribution in [0.3, 0.4) is 0 Å². The van der Waals surface area contributed by atoms with Crippen LogP contribution in [-0.4, -0.2) is 18.4 Å². The van der Waals surface area contributed by atoms with Crippen molar-refractivity contribution in [3.63, 3.8) is 0 Å². The van der Waals surface area contributed by atoms with Gasteiger partial charge in [-0.2, -0.15) is 0 Å². The number of pyridine rings is 1. The van der Waals surface area contributed by atoms with Crippen molar-refractivity contribution in [1.29, 1.82) is 0 Å². The lowest BCUT2D eigenvalue weighted by molar-refractivity contribution is 0.110. The largest absolute Gasteiger partial charge is 0.480 e. The van der Waals surface area contributed by atoms with Gasteiger partial charge >= 0.3 is 0 Å². The molecule has 0 amide bonds. The van der Waals surface area contributed by atoms with Crippen LogP contribution in [0.5, 0.6) is 5.88 Å². The average molecular weight is 202 g/mol. The van der Waals surface area contributed by atoms with Crippen molar-refractivity contribution in [2.24, 2.45) is 0 Å². The van der Waals surface area contributed by atoms with Crippen molar-refractivity contribution >= 4 is 12.0 Å². The number of carbonyl (C=O) groups is 1. The molecule has 1 aromatic heterocycles. The Morgan fingerprint density at radius 2 is 2.29 bits per heavy atom. The van der Waals surface area contributed by atoms with E-state index in [-0.39, 0.29) is 23.4 Å². The third-order valence-corrected chi connectivity index (χ3v) is 1.60. The first-order valence-corrected chi connectivity index (χ1v) is 3.68. The van der Waals surface area contributed by atoms with E-state index >= 15 is 0 Å². The molecule has 0 aliphatic rings. The molecule has 1 heterocycles. The fourth-order valence-electron chi connectivity index (χ4n) is 0.974. The van der Waals surface area contributed by atoms with Gasteiger partial charge in [0.05, 0.1) is 12.8 Å². The van der Waals surface area contributed by atoms with E-state index in [1.807, 2.05) is 0 Å². The Labute approximate surface area is 78.7 Å². The number of methoxy groups -OCH3 is 1. The molecule has 0 aromatic carbocycles. The molecule has 0 bridgehead atoms. The zero-order valence-electron chi connectivity index (χ0n) is 7.33. The number of rotatable bonds is 3. The summed E-state index contributed by atoms with van der Waals surface area (Å²) < 4.78 is 29.3. The number of halogens is 2. The fourth-order valence-corrected chi connectivity index (χ4v) is 0.974. The molecular formula is C8H8F2N2O2. The molecule has 0 unspecified atom stereocenters. The Morgan fingerprint density at radius 3 is 2.71 bits per heavy atom. The van der Waals surface area contributed by atoms with E-state index < -0.39 is 12.1 Å². The summed E-state index contributed by atoms with van der Waals surface area (Å²) in [5, 5.41) is 0. The van der Waals surface area contributed by atoms with E-state index in [0.717, 1.165) is 6.07 Å². The SMILES string of the molecule is COc1nc(C(F)F)c(C=O)cc1N. The van der Waals surface area contributed by atoms with E-state index in [1.54, 1.807) is 0 Å². The number of hydrogen-bond acceptors (Lipinski definition) is 4. The van der Waals surface area contributed by atoms with Crippen LogP contribution in [0.2, 0.25) is 0 Å². The van der Waals surface area contributed by atoms with Crippen LogP contribution in [0.25, 0.3) is 0 Å². The molecule has 0 radical (unpaired) electrons. The Morgan fingerprint density at radius 1 is 1.64 bits per heavy atom. The van der Waals surface area contributed by atoms with Gasteiger partial charge in [0.2, 0.25) is 5.88 Å². The molecular weight excluding hydrogens is 194 g/mol. The number of carbonyl (C=O) groups excluding carboxylic acids is 1. The van der Waals surface area contributed by atoms with Crippen molar-refractivity contribution in [1.82, 2.24) is 4.98 Å². The quantitative estimate of drug-likeness (QED) is 0.753. The number of aldehydes is 1. The molecule has 0 atom stereocenters. The molecule has 0 saturated carbocycles. The van der Waals surface area contributed by atoms with Gasteiger partial charge in [-0.15, -0.1) is 0 Å². The van der Waals surface area contributed by atoms with E-state index in [9.17, 15) is 13.6 Å². The van der Waals surface area contributed by atoms with E-state index in [4.69, 9.17) is 5.73 Å². The van der Waals surface area contributed by atoms with Crippen LogP contribution in [0, 0.1) is 0 Å². The van der Waals surface area contributed by atoms with Crippen LogP contribution in [0.15, 0.2) is 6.07 Å². The lowest BCUT2D eigenvalue weighted by Crippen LogP contribution is -2.03. The normalized spacial score (nSPS) is 10.3. The maximum atomic E-state index is 12.3. The number of ether oxygens (including phenoxy) is 1. The van der Waals surface area contributed by atoms with Gasteiger partial charge in [-0.1, -0.05) is 0 Å². The highest BCUT2D eigenvalue weighted by Crippen LogP contribution is 2.27. The summed E-state index contributed by atoms with van der Waals surface area (Å²) >= 11 is 0. The third kappa shape index (κ3) is 1.78. The molecule has 0 saturated heterocycles. The zero-order valence-corrected chi connectivity index (χ0v) is 7.33. The molecule has 6 heteroatoms. The molecule has 0 fully saturated rings. The van der Waals surface area contributed by atoms with Crippen molar-refractivity contribution in [2.45, 2.75) is 6.43 Å². The Kier molecular flexibility index (Phi) is 2.95. The lowest BCUT2D eigenvalue weighted by Gasteiger charge is -2.07. The van der Waals surface area contributed by atoms with Gasteiger partial charge in [0.1, 0.15) is 5.69 Å². The summed E-state index contributed by atoms with van der Waals surface area (Å²) in [7, 11) is 1.26. The summed E-state index contributed by atoms with van der Waals surface area (Å²) in [6.45, 7) is 0. The Hall–Kier alpha value is -1.72. The number of nitrogens with two attached hydrogens (primary N) is 1. The molecule has 0 spiro atoms. The minimum Gasteiger partial charge on any atom is -0.480 e. The minimum atomic E-state index is -2.83. The first-order valence-electron chi connectivity index (χ1n) is 3.68. The van der Waals surface area contributed by atoms with Crippen molar-refractivity contribution < 1.29 is 18.3 Å². The molecule has 1 aromatic rings. The lowest BCUT2D eigenvalue weighted by atomic mass is 10.2. The van der Waals surface area contributed by atoms with E-state index in [0.29, 0.717) is 0 Å². The average Bonchev–Trinajstić information content (AvgIpc) is 2.16. The van der Waals surface area contributed by atoms with Gasteiger partial charge in [-0.3, -0.25) is 4.79 Å². The van der Waals surface area contributed by atoms with Crippen LogP contribution < -0.4 is 10.5 Å². The van der Waals surface area contributed by atoms with Gasteiger partial charge in [0, 0.05) is 5.56 Å². The van der Waals surface area contributed by atoms with Crippen LogP contribution in [0.4, 0.5) is 14.5 Å². The number of aromatic nitrogens is 1.